The molecular weight excluding hydrogens is 478 g/mol. The molecule has 2 N–H and O–H groups in total. The Morgan fingerprint density at radius 3 is 2.24 bits per heavy atom. The molecule has 0 radical (unpaired) electrons. The van der Waals surface area contributed by atoms with Crippen molar-refractivity contribution in [2.75, 3.05) is 39.9 Å². The van der Waals surface area contributed by atoms with Crippen molar-refractivity contribution in [1.82, 2.24) is 9.97 Å². The minimum atomic E-state index is -0.468. The Bertz CT molecular complexity index is 1530. The first-order chi connectivity index (χ1) is 17.8. The van der Waals surface area contributed by atoms with Crippen LogP contribution >= 0.6 is 0 Å². The van der Waals surface area contributed by atoms with Gasteiger partial charge >= 0.3 is 5.97 Å². The summed E-state index contributed by atoms with van der Waals surface area (Å²) in [6.45, 7) is 4.32. The second-order valence-corrected chi connectivity index (χ2v) is 9.00. The van der Waals surface area contributed by atoms with Crippen LogP contribution in [0.2, 0.25) is 0 Å². The number of nitrogens with one attached hydrogen (secondary N) is 2. The van der Waals surface area contributed by atoms with E-state index in [1.165, 1.54) is 21.3 Å². The smallest absolute Gasteiger partial charge is 0.354 e. The summed E-state index contributed by atoms with van der Waals surface area (Å²) in [7, 11) is 5.96. The van der Waals surface area contributed by atoms with Crippen molar-refractivity contribution in [3.8, 4) is 23.0 Å². The average molecular weight is 508 g/mol. The number of fused-ring (bicyclic) bond motifs is 4. The highest BCUT2D eigenvalue weighted by molar-refractivity contribution is 6.12. The predicted octanol–water partition coefficient (Wildman–Crippen LogP) is 4.45. The van der Waals surface area contributed by atoms with Crippen molar-refractivity contribution < 1.29 is 33.3 Å². The molecule has 1 aliphatic heterocycles. The summed E-state index contributed by atoms with van der Waals surface area (Å²) in [4.78, 5) is 34.1. The maximum atomic E-state index is 13.8. The molecule has 194 valence electrons. The molecule has 0 bridgehead atoms. The summed E-state index contributed by atoms with van der Waals surface area (Å²) >= 11 is 0. The Kier molecular flexibility index (Phi) is 6.10. The highest BCUT2D eigenvalue weighted by atomic mass is 16.5. The second kappa shape index (κ2) is 9.27. The first-order valence-corrected chi connectivity index (χ1v) is 11.9. The average Bonchev–Trinajstić information content (AvgIpc) is 3.62. The van der Waals surface area contributed by atoms with Crippen LogP contribution in [0.4, 0.5) is 5.69 Å². The van der Waals surface area contributed by atoms with E-state index in [-0.39, 0.29) is 12.0 Å². The molecule has 1 amide bonds. The number of nitrogens with zero attached hydrogens (tertiary/aromatic N) is 1. The van der Waals surface area contributed by atoms with Crippen LogP contribution in [0.1, 0.15) is 40.4 Å². The highest BCUT2D eigenvalue weighted by Crippen LogP contribution is 2.44. The maximum Gasteiger partial charge on any atom is 0.354 e. The van der Waals surface area contributed by atoms with Gasteiger partial charge in [0.05, 0.1) is 51.3 Å². The monoisotopic (exact) mass is 507 g/mol. The van der Waals surface area contributed by atoms with Crippen molar-refractivity contribution in [3.05, 3.63) is 41.2 Å². The number of amides is 1. The lowest BCUT2D eigenvalue weighted by Crippen LogP contribution is -2.29. The van der Waals surface area contributed by atoms with Crippen molar-refractivity contribution >= 4 is 39.4 Å². The topological polar surface area (TPSA) is 115 Å². The molecule has 5 rings (SSSR count). The summed E-state index contributed by atoms with van der Waals surface area (Å²) < 4.78 is 27.5. The van der Waals surface area contributed by atoms with Crippen molar-refractivity contribution in [2.24, 2.45) is 0 Å². The van der Waals surface area contributed by atoms with Crippen LogP contribution in [0.3, 0.4) is 0 Å². The van der Waals surface area contributed by atoms with E-state index in [1.54, 1.807) is 30.2 Å². The molecule has 0 aliphatic carbocycles. The third-order valence-corrected chi connectivity index (χ3v) is 6.51. The van der Waals surface area contributed by atoms with Gasteiger partial charge in [-0.15, -0.1) is 0 Å². The molecule has 37 heavy (non-hydrogen) atoms. The predicted molar refractivity (Wildman–Crippen MR) is 139 cm³/mol. The van der Waals surface area contributed by atoms with Gasteiger partial charge in [0.2, 0.25) is 5.75 Å². The van der Waals surface area contributed by atoms with Gasteiger partial charge in [-0.2, -0.15) is 0 Å². The van der Waals surface area contributed by atoms with Crippen LogP contribution in [0.25, 0.3) is 21.8 Å². The molecule has 3 heterocycles. The maximum absolute atomic E-state index is 13.8. The lowest BCUT2D eigenvalue weighted by atomic mass is 10.1. The normalized spacial score (nSPS) is 12.8. The van der Waals surface area contributed by atoms with Crippen LogP contribution in [-0.2, 0) is 11.2 Å². The molecular formula is C27H29N3O7. The Morgan fingerprint density at radius 2 is 1.59 bits per heavy atom. The third kappa shape index (κ3) is 3.89. The molecule has 10 heteroatoms. The molecule has 0 atom stereocenters. The fourth-order valence-corrected chi connectivity index (χ4v) is 4.94. The van der Waals surface area contributed by atoms with E-state index in [2.05, 4.69) is 9.97 Å². The standard InChI is InChI=1S/C27H29N3O7/c1-13(2)37-20-12-19-15(16-11-18(27(32)36-6)29-23(16)20)7-8-30(19)26(31)17-9-14-10-21(33-3)24(34-4)25(35-5)22(14)28-17/h9-13,28-29H,7-8H2,1-6H3. The van der Waals surface area contributed by atoms with E-state index < -0.39 is 5.97 Å². The summed E-state index contributed by atoms with van der Waals surface area (Å²) in [5.74, 6) is 1.29. The molecule has 10 nitrogen and oxygen atoms in total. The van der Waals surface area contributed by atoms with Gasteiger partial charge in [-0.05, 0) is 44.0 Å². The quantitative estimate of drug-likeness (QED) is 0.355. The SMILES string of the molecule is COC(=O)c1cc2c3c(cc(OC(C)C)c2[nH]1)N(C(=O)c1cc2cc(OC)c(OC)c(OC)c2[nH]1)CC3. The van der Waals surface area contributed by atoms with Crippen LogP contribution in [0, 0.1) is 0 Å². The van der Waals surface area contributed by atoms with Crippen LogP contribution in [0.5, 0.6) is 23.0 Å². The number of rotatable bonds is 7. The first-order valence-electron chi connectivity index (χ1n) is 11.9. The van der Waals surface area contributed by atoms with Crippen LogP contribution in [0.15, 0.2) is 24.3 Å². The molecule has 0 unspecified atom stereocenters. The van der Waals surface area contributed by atoms with Gasteiger partial charge in [0, 0.05) is 23.4 Å². The summed E-state index contributed by atoms with van der Waals surface area (Å²) in [5, 5.41) is 1.58. The molecule has 2 aromatic heterocycles. The number of carbonyl (C=O) groups is 2. The number of methoxy groups -OCH3 is 4. The van der Waals surface area contributed by atoms with E-state index in [0.717, 1.165) is 22.0 Å². The third-order valence-electron chi connectivity index (χ3n) is 6.51. The number of hydrogen-bond donors (Lipinski definition) is 2. The van der Waals surface area contributed by atoms with E-state index in [0.29, 0.717) is 58.4 Å². The molecule has 0 saturated heterocycles. The minimum absolute atomic E-state index is 0.109. The van der Waals surface area contributed by atoms with Gasteiger partial charge in [-0.1, -0.05) is 0 Å². The summed E-state index contributed by atoms with van der Waals surface area (Å²) in [5.41, 5.74) is 3.77. The fraction of sp³-hybridized carbons (Fsp3) is 0.333. The zero-order valence-corrected chi connectivity index (χ0v) is 21.6. The molecule has 0 fully saturated rings. The number of ether oxygens (including phenoxy) is 5. The molecule has 0 saturated carbocycles. The number of esters is 1. The van der Waals surface area contributed by atoms with Gasteiger partial charge in [-0.25, -0.2) is 4.79 Å². The molecule has 0 spiro atoms. The molecule has 1 aliphatic rings. The number of hydrogen-bond acceptors (Lipinski definition) is 7. The lowest BCUT2D eigenvalue weighted by Gasteiger charge is -2.19. The molecule has 4 aromatic rings. The van der Waals surface area contributed by atoms with Crippen molar-refractivity contribution in [2.45, 2.75) is 26.4 Å². The Balaban J connectivity index is 1.61. The lowest BCUT2D eigenvalue weighted by molar-refractivity contribution is 0.0595. The second-order valence-electron chi connectivity index (χ2n) is 9.00. The summed E-state index contributed by atoms with van der Waals surface area (Å²) in [6, 6.07) is 7.19. The number of aromatic nitrogens is 2. The van der Waals surface area contributed by atoms with Gasteiger partial charge < -0.3 is 38.6 Å². The Morgan fingerprint density at radius 1 is 0.865 bits per heavy atom. The highest BCUT2D eigenvalue weighted by Gasteiger charge is 2.31. The van der Waals surface area contributed by atoms with E-state index in [9.17, 15) is 9.59 Å². The van der Waals surface area contributed by atoms with Crippen molar-refractivity contribution in [3.63, 3.8) is 0 Å². The molecule has 2 aromatic carbocycles. The number of benzene rings is 2. The number of aromatic amines is 2. The van der Waals surface area contributed by atoms with Crippen LogP contribution in [-0.4, -0.2) is 62.9 Å². The Hall–Kier alpha value is -4.34. The fourth-order valence-electron chi connectivity index (χ4n) is 4.94. The summed E-state index contributed by atoms with van der Waals surface area (Å²) in [6.07, 6.45) is 0.520. The van der Waals surface area contributed by atoms with Crippen molar-refractivity contribution in [1.29, 1.82) is 0 Å². The number of anilines is 1. The first kappa shape index (κ1) is 24.4. The van der Waals surface area contributed by atoms with Gasteiger partial charge in [-0.3, -0.25) is 4.79 Å². The minimum Gasteiger partial charge on any atom is -0.493 e. The van der Waals surface area contributed by atoms with Gasteiger partial charge in [0.1, 0.15) is 17.1 Å². The Labute approximate surface area is 213 Å². The van der Waals surface area contributed by atoms with E-state index >= 15 is 0 Å². The van der Waals surface area contributed by atoms with Gasteiger partial charge in [0.25, 0.3) is 5.91 Å². The largest absolute Gasteiger partial charge is 0.493 e. The van der Waals surface area contributed by atoms with E-state index in [1.807, 2.05) is 19.9 Å². The zero-order valence-electron chi connectivity index (χ0n) is 21.6. The van der Waals surface area contributed by atoms with E-state index in [4.69, 9.17) is 23.7 Å². The zero-order chi connectivity index (χ0) is 26.4. The van der Waals surface area contributed by atoms with Crippen LogP contribution < -0.4 is 23.8 Å². The van der Waals surface area contributed by atoms with Gasteiger partial charge in [0.15, 0.2) is 11.5 Å². The number of H-pyrrole nitrogens is 2. The number of carbonyl (C=O) groups excluding carboxylic acids is 2.